The molecule has 1 atom stereocenters. The molecule has 1 N–H and O–H groups in total. The zero-order valence-corrected chi connectivity index (χ0v) is 20.3. The van der Waals surface area contributed by atoms with Crippen molar-refractivity contribution in [1.29, 1.82) is 0 Å². The minimum absolute atomic E-state index is 0.0519. The summed E-state index contributed by atoms with van der Waals surface area (Å²) in [5.41, 5.74) is 4.84. The van der Waals surface area contributed by atoms with Gasteiger partial charge >= 0.3 is 0 Å². The second kappa shape index (κ2) is 11.2. The number of nitrogens with one attached hydrogen (secondary N) is 1. The van der Waals surface area contributed by atoms with Crippen molar-refractivity contribution in [2.24, 2.45) is 0 Å². The van der Waals surface area contributed by atoms with Crippen LogP contribution in [0, 0.1) is 6.92 Å². The topological polar surface area (TPSA) is 64.0 Å². The standard InChI is InChI=1S/C28H29N3O2S/c1-20-12-15-23(16-13-20)18-31-25-11-7-6-10-24(25)30-27(28(31)33)34-19-26(32)29-21(2)14-17-22-8-4-3-5-9-22/h3-13,15-16,21H,14,17-19H2,1-2H3,(H,29,32)/t21-/m1/s1. The van der Waals surface area contributed by atoms with E-state index in [1.165, 1.54) is 22.9 Å². The van der Waals surface area contributed by atoms with Gasteiger partial charge in [0, 0.05) is 6.04 Å². The predicted octanol–water partition coefficient (Wildman–Crippen LogP) is 4.98. The van der Waals surface area contributed by atoms with Crippen LogP contribution in [0.5, 0.6) is 0 Å². The summed E-state index contributed by atoms with van der Waals surface area (Å²) < 4.78 is 1.75. The molecule has 1 aromatic heterocycles. The Kier molecular flexibility index (Phi) is 7.80. The fraction of sp³-hybridized carbons (Fsp3) is 0.250. The van der Waals surface area contributed by atoms with E-state index in [1.807, 2.05) is 80.6 Å². The number of para-hydroxylation sites is 2. The molecular weight excluding hydrogens is 442 g/mol. The molecule has 0 bridgehead atoms. The molecule has 3 aromatic carbocycles. The van der Waals surface area contributed by atoms with Gasteiger partial charge in [-0.25, -0.2) is 4.98 Å². The highest BCUT2D eigenvalue weighted by Crippen LogP contribution is 2.18. The third kappa shape index (κ3) is 6.14. The number of rotatable bonds is 9. The number of carbonyl (C=O) groups is 1. The largest absolute Gasteiger partial charge is 0.353 e. The first-order valence-electron chi connectivity index (χ1n) is 11.5. The number of fused-ring (bicyclic) bond motifs is 1. The fourth-order valence-electron chi connectivity index (χ4n) is 3.85. The van der Waals surface area contributed by atoms with Gasteiger partial charge in [-0.1, -0.05) is 84.1 Å². The lowest BCUT2D eigenvalue weighted by molar-refractivity contribution is -0.119. The Morgan fingerprint density at radius 2 is 1.68 bits per heavy atom. The molecule has 6 heteroatoms. The lowest BCUT2D eigenvalue weighted by Crippen LogP contribution is -2.34. The maximum Gasteiger partial charge on any atom is 0.283 e. The van der Waals surface area contributed by atoms with Crippen LogP contribution in [0.1, 0.15) is 30.0 Å². The van der Waals surface area contributed by atoms with Gasteiger partial charge in [0.2, 0.25) is 5.91 Å². The molecule has 4 aromatic rings. The zero-order valence-electron chi connectivity index (χ0n) is 19.5. The molecule has 0 saturated carbocycles. The van der Waals surface area contributed by atoms with E-state index in [9.17, 15) is 9.59 Å². The highest BCUT2D eigenvalue weighted by molar-refractivity contribution is 7.99. The highest BCUT2D eigenvalue weighted by Gasteiger charge is 2.15. The normalized spacial score (nSPS) is 11.9. The molecular formula is C28H29N3O2S. The molecule has 0 spiro atoms. The molecule has 0 aliphatic heterocycles. The van der Waals surface area contributed by atoms with Gasteiger partial charge in [-0.05, 0) is 49.9 Å². The average Bonchev–Trinajstić information content (AvgIpc) is 2.85. The van der Waals surface area contributed by atoms with E-state index >= 15 is 0 Å². The minimum atomic E-state index is -0.172. The van der Waals surface area contributed by atoms with E-state index in [2.05, 4.69) is 22.4 Å². The summed E-state index contributed by atoms with van der Waals surface area (Å²) in [4.78, 5) is 30.4. The SMILES string of the molecule is Cc1ccc(Cn2c(=O)c(SCC(=O)N[C@H](C)CCc3ccccc3)nc3ccccc32)cc1. The van der Waals surface area contributed by atoms with Crippen molar-refractivity contribution in [1.82, 2.24) is 14.9 Å². The zero-order chi connectivity index (χ0) is 23.9. The number of aromatic nitrogens is 2. The van der Waals surface area contributed by atoms with E-state index in [0.29, 0.717) is 11.6 Å². The Bertz CT molecular complexity index is 1320. The van der Waals surface area contributed by atoms with E-state index in [1.54, 1.807) is 4.57 Å². The van der Waals surface area contributed by atoms with Crippen LogP contribution in [0.2, 0.25) is 0 Å². The van der Waals surface area contributed by atoms with Gasteiger partial charge in [-0.15, -0.1) is 0 Å². The van der Waals surface area contributed by atoms with Crippen molar-refractivity contribution < 1.29 is 4.79 Å². The van der Waals surface area contributed by atoms with Crippen LogP contribution in [-0.2, 0) is 17.8 Å². The van der Waals surface area contributed by atoms with Crippen LogP contribution in [0.3, 0.4) is 0 Å². The Morgan fingerprint density at radius 3 is 2.44 bits per heavy atom. The van der Waals surface area contributed by atoms with Gasteiger partial charge in [-0.3, -0.25) is 14.2 Å². The van der Waals surface area contributed by atoms with Gasteiger partial charge in [0.05, 0.1) is 23.3 Å². The van der Waals surface area contributed by atoms with Crippen LogP contribution in [0.4, 0.5) is 0 Å². The summed E-state index contributed by atoms with van der Waals surface area (Å²) in [5, 5.41) is 3.39. The fourth-order valence-corrected chi connectivity index (χ4v) is 4.59. The quantitative estimate of drug-likeness (QED) is 0.350. The maximum atomic E-state index is 13.3. The van der Waals surface area contributed by atoms with Gasteiger partial charge in [0.1, 0.15) is 0 Å². The number of hydrogen-bond donors (Lipinski definition) is 1. The Hall–Kier alpha value is -3.38. The molecule has 0 aliphatic rings. The molecule has 1 heterocycles. The monoisotopic (exact) mass is 471 g/mol. The second-order valence-corrected chi connectivity index (χ2v) is 9.53. The van der Waals surface area contributed by atoms with Gasteiger partial charge in [0.15, 0.2) is 5.03 Å². The van der Waals surface area contributed by atoms with Crippen molar-refractivity contribution in [3.05, 3.63) is 106 Å². The number of thioether (sulfide) groups is 1. The average molecular weight is 472 g/mol. The summed E-state index contributed by atoms with van der Waals surface area (Å²) in [5.74, 6) is 0.0610. The van der Waals surface area contributed by atoms with Crippen LogP contribution in [0.25, 0.3) is 11.0 Å². The summed E-state index contributed by atoms with van der Waals surface area (Å²) >= 11 is 1.20. The lowest BCUT2D eigenvalue weighted by Gasteiger charge is -2.14. The second-order valence-electron chi connectivity index (χ2n) is 8.56. The molecule has 174 valence electrons. The van der Waals surface area contributed by atoms with E-state index in [4.69, 9.17) is 0 Å². The number of nitrogens with zero attached hydrogens (tertiary/aromatic N) is 2. The summed E-state index contributed by atoms with van der Waals surface area (Å²) in [7, 11) is 0. The number of benzene rings is 3. The first kappa shape index (κ1) is 23.8. The van der Waals surface area contributed by atoms with Gasteiger partial charge in [-0.2, -0.15) is 0 Å². The molecule has 1 amide bonds. The molecule has 34 heavy (non-hydrogen) atoms. The molecule has 0 aliphatic carbocycles. The van der Waals surface area contributed by atoms with Gasteiger partial charge < -0.3 is 5.32 Å². The molecule has 0 fully saturated rings. The van der Waals surface area contributed by atoms with E-state index in [0.717, 1.165) is 29.4 Å². The molecule has 4 rings (SSSR count). The third-order valence-electron chi connectivity index (χ3n) is 5.74. The first-order chi connectivity index (χ1) is 16.5. The van der Waals surface area contributed by atoms with Crippen LogP contribution in [-0.4, -0.2) is 27.3 Å². The first-order valence-corrected chi connectivity index (χ1v) is 12.5. The third-order valence-corrected chi connectivity index (χ3v) is 6.69. The number of carbonyl (C=O) groups excluding carboxylic acids is 1. The highest BCUT2D eigenvalue weighted by atomic mass is 32.2. The predicted molar refractivity (Wildman–Crippen MR) is 139 cm³/mol. The van der Waals surface area contributed by atoms with Crippen molar-refractivity contribution in [2.75, 3.05) is 5.75 Å². The molecule has 0 unspecified atom stereocenters. The molecule has 0 radical (unpaired) electrons. The van der Waals surface area contributed by atoms with E-state index < -0.39 is 0 Å². The maximum absolute atomic E-state index is 13.3. The summed E-state index contributed by atoms with van der Waals surface area (Å²) in [6, 6.07) is 26.1. The van der Waals surface area contributed by atoms with Crippen LogP contribution >= 0.6 is 11.8 Å². The Labute approximate surface area is 204 Å². The van der Waals surface area contributed by atoms with Crippen molar-refractivity contribution in [3.63, 3.8) is 0 Å². The summed E-state index contributed by atoms with van der Waals surface area (Å²) in [6.07, 6.45) is 1.77. The molecule has 0 saturated heterocycles. The van der Waals surface area contributed by atoms with Crippen molar-refractivity contribution in [2.45, 2.75) is 44.3 Å². The van der Waals surface area contributed by atoms with Crippen molar-refractivity contribution in [3.8, 4) is 0 Å². The Morgan fingerprint density at radius 1 is 0.971 bits per heavy atom. The smallest absolute Gasteiger partial charge is 0.283 e. The lowest BCUT2D eigenvalue weighted by atomic mass is 10.1. The van der Waals surface area contributed by atoms with Gasteiger partial charge in [0.25, 0.3) is 5.56 Å². The summed E-state index contributed by atoms with van der Waals surface area (Å²) in [6.45, 7) is 4.51. The van der Waals surface area contributed by atoms with Crippen molar-refractivity contribution >= 4 is 28.7 Å². The number of aryl methyl sites for hydroxylation is 2. The number of amides is 1. The van der Waals surface area contributed by atoms with E-state index in [-0.39, 0.29) is 23.3 Å². The minimum Gasteiger partial charge on any atom is -0.353 e. The molecule has 5 nitrogen and oxygen atoms in total. The van der Waals surface area contributed by atoms with Crippen LogP contribution in [0.15, 0.2) is 88.7 Å². The number of hydrogen-bond acceptors (Lipinski definition) is 4. The van der Waals surface area contributed by atoms with Crippen LogP contribution < -0.4 is 10.9 Å². The Balaban J connectivity index is 1.44.